The van der Waals surface area contributed by atoms with E-state index in [0.29, 0.717) is 0 Å². The highest BCUT2D eigenvalue weighted by molar-refractivity contribution is 5.30. The number of rotatable bonds is 16. The molecular weight excluding hydrogens is 410 g/mol. The topological polar surface area (TPSA) is 12.9 Å². The van der Waals surface area contributed by atoms with E-state index in [1.54, 1.807) is 5.56 Å². The first kappa shape index (κ1) is 30.4. The van der Waals surface area contributed by atoms with E-state index in [9.17, 15) is 0 Å². The molecule has 192 valence electrons. The standard InChI is InChI=1S/C20H34.C13H21N/c1-4-5-6-7-8-9-10-11-12-13-14-20-17-18(2)15-16-19(20)3;1-4-5-6-7-8-13-11(2)9-10-12(3)14-13/h15-17H,4-14H2,1-3H3;9-10H,4-8H2,1-3H3. The number of hydrogen-bond acceptors (Lipinski definition) is 1. The van der Waals surface area contributed by atoms with Crippen molar-refractivity contribution in [1.29, 1.82) is 0 Å². The van der Waals surface area contributed by atoms with Crippen LogP contribution in [0.5, 0.6) is 0 Å². The van der Waals surface area contributed by atoms with Crippen LogP contribution >= 0.6 is 0 Å². The van der Waals surface area contributed by atoms with Crippen LogP contribution in [0.15, 0.2) is 30.3 Å². The van der Waals surface area contributed by atoms with E-state index in [-0.39, 0.29) is 0 Å². The lowest BCUT2D eigenvalue weighted by atomic mass is 9.99. The second-order valence-electron chi connectivity index (χ2n) is 10.4. The SMILES string of the molecule is CCCCCCCCCCCCc1cc(C)ccc1C.CCCCCCc1nc(C)ccc1C. The third kappa shape index (κ3) is 14.6. The molecule has 1 aromatic heterocycles. The van der Waals surface area contributed by atoms with Gasteiger partial charge in [-0.05, 0) is 76.1 Å². The van der Waals surface area contributed by atoms with E-state index in [2.05, 4.69) is 76.9 Å². The molecule has 0 amide bonds. The molecule has 0 N–H and O–H groups in total. The second kappa shape index (κ2) is 19.7. The predicted octanol–water partition coefficient (Wildman–Crippen LogP) is 10.6. The number of nitrogens with zero attached hydrogens (tertiary/aromatic N) is 1. The summed E-state index contributed by atoms with van der Waals surface area (Å²) in [6, 6.07) is 11.1. The molecule has 0 saturated carbocycles. The molecule has 0 aliphatic heterocycles. The molecule has 0 aliphatic rings. The molecule has 0 saturated heterocycles. The summed E-state index contributed by atoms with van der Waals surface area (Å²) in [5.41, 5.74) is 8.20. The summed E-state index contributed by atoms with van der Waals surface area (Å²) in [6.07, 6.45) is 21.9. The highest BCUT2D eigenvalue weighted by Crippen LogP contribution is 2.16. The van der Waals surface area contributed by atoms with Crippen LogP contribution in [0, 0.1) is 27.7 Å². The Kier molecular flexibility index (Phi) is 17.6. The van der Waals surface area contributed by atoms with E-state index < -0.39 is 0 Å². The minimum Gasteiger partial charge on any atom is -0.258 e. The maximum Gasteiger partial charge on any atom is 0.0435 e. The highest BCUT2D eigenvalue weighted by atomic mass is 14.7. The molecular formula is C33H55N. The fourth-order valence-corrected chi connectivity index (χ4v) is 4.52. The zero-order valence-corrected chi connectivity index (χ0v) is 23.6. The van der Waals surface area contributed by atoms with E-state index in [0.717, 1.165) is 12.1 Å². The van der Waals surface area contributed by atoms with Crippen molar-refractivity contribution in [2.45, 2.75) is 144 Å². The Morgan fingerprint density at radius 2 is 1.03 bits per heavy atom. The molecule has 1 heteroatoms. The molecule has 1 nitrogen and oxygen atoms in total. The molecule has 2 aromatic rings. The first-order valence-corrected chi connectivity index (χ1v) is 14.5. The van der Waals surface area contributed by atoms with Crippen molar-refractivity contribution in [3.05, 3.63) is 64.0 Å². The predicted molar refractivity (Wildman–Crippen MR) is 153 cm³/mol. The lowest BCUT2D eigenvalue weighted by molar-refractivity contribution is 0.556. The van der Waals surface area contributed by atoms with Gasteiger partial charge in [0.15, 0.2) is 0 Å². The van der Waals surface area contributed by atoms with Crippen molar-refractivity contribution in [3.63, 3.8) is 0 Å². The fourth-order valence-electron chi connectivity index (χ4n) is 4.52. The van der Waals surface area contributed by atoms with Crippen molar-refractivity contribution in [2.24, 2.45) is 0 Å². The van der Waals surface area contributed by atoms with E-state index in [1.807, 2.05) is 0 Å². The Bertz CT molecular complexity index is 761. The average molecular weight is 466 g/mol. The highest BCUT2D eigenvalue weighted by Gasteiger charge is 2.00. The van der Waals surface area contributed by atoms with Gasteiger partial charge in [-0.2, -0.15) is 0 Å². The molecule has 1 aromatic carbocycles. The van der Waals surface area contributed by atoms with Gasteiger partial charge in [-0.3, -0.25) is 4.98 Å². The van der Waals surface area contributed by atoms with Crippen LogP contribution in [0.4, 0.5) is 0 Å². The van der Waals surface area contributed by atoms with Crippen LogP contribution in [0.2, 0.25) is 0 Å². The third-order valence-electron chi connectivity index (χ3n) is 6.91. The Balaban J connectivity index is 0.000000362. The van der Waals surface area contributed by atoms with Gasteiger partial charge in [-0.1, -0.05) is 121 Å². The Labute approximate surface area is 213 Å². The lowest BCUT2D eigenvalue weighted by Crippen LogP contribution is -1.96. The fraction of sp³-hybridized carbons (Fsp3) is 0.667. The van der Waals surface area contributed by atoms with Gasteiger partial charge in [0.05, 0.1) is 0 Å². The molecule has 0 bridgehead atoms. The van der Waals surface area contributed by atoms with Gasteiger partial charge in [0.1, 0.15) is 0 Å². The molecule has 0 aliphatic carbocycles. The number of unbranched alkanes of at least 4 members (excludes halogenated alkanes) is 12. The number of benzene rings is 1. The second-order valence-corrected chi connectivity index (χ2v) is 10.4. The molecule has 1 heterocycles. The summed E-state index contributed by atoms with van der Waals surface area (Å²) in [7, 11) is 0. The van der Waals surface area contributed by atoms with Gasteiger partial charge in [-0.25, -0.2) is 0 Å². The van der Waals surface area contributed by atoms with Gasteiger partial charge in [0, 0.05) is 11.4 Å². The Morgan fingerprint density at radius 1 is 0.529 bits per heavy atom. The quantitative estimate of drug-likeness (QED) is 0.225. The van der Waals surface area contributed by atoms with Crippen LogP contribution in [0.3, 0.4) is 0 Å². The van der Waals surface area contributed by atoms with Crippen LogP contribution < -0.4 is 0 Å². The summed E-state index contributed by atoms with van der Waals surface area (Å²) in [4.78, 5) is 4.57. The minimum atomic E-state index is 1.14. The summed E-state index contributed by atoms with van der Waals surface area (Å²) in [6.45, 7) is 13.2. The van der Waals surface area contributed by atoms with Crippen molar-refractivity contribution in [1.82, 2.24) is 4.98 Å². The van der Waals surface area contributed by atoms with Crippen LogP contribution in [0.1, 0.15) is 137 Å². The zero-order chi connectivity index (χ0) is 25.0. The molecule has 0 spiro atoms. The summed E-state index contributed by atoms with van der Waals surface area (Å²) in [5.74, 6) is 0. The van der Waals surface area contributed by atoms with E-state index in [4.69, 9.17) is 0 Å². The molecule has 0 fully saturated rings. The van der Waals surface area contributed by atoms with Gasteiger partial charge in [-0.15, -0.1) is 0 Å². The molecule has 2 rings (SSSR count). The van der Waals surface area contributed by atoms with Crippen molar-refractivity contribution in [2.75, 3.05) is 0 Å². The minimum absolute atomic E-state index is 1.14. The van der Waals surface area contributed by atoms with Crippen LogP contribution in [-0.2, 0) is 12.8 Å². The number of pyridine rings is 1. The van der Waals surface area contributed by atoms with E-state index >= 15 is 0 Å². The van der Waals surface area contributed by atoms with Gasteiger partial charge < -0.3 is 0 Å². The molecule has 0 unspecified atom stereocenters. The smallest absolute Gasteiger partial charge is 0.0435 e. The maximum absolute atomic E-state index is 4.57. The average Bonchev–Trinajstić information content (AvgIpc) is 2.82. The van der Waals surface area contributed by atoms with Crippen LogP contribution in [-0.4, -0.2) is 4.98 Å². The summed E-state index contributed by atoms with van der Waals surface area (Å²) < 4.78 is 0. The van der Waals surface area contributed by atoms with Gasteiger partial charge in [0.2, 0.25) is 0 Å². The Morgan fingerprint density at radius 3 is 1.65 bits per heavy atom. The number of aromatic nitrogens is 1. The Hall–Kier alpha value is -1.63. The zero-order valence-electron chi connectivity index (χ0n) is 23.6. The summed E-state index contributed by atoms with van der Waals surface area (Å²) in [5, 5.41) is 0. The number of hydrogen-bond donors (Lipinski definition) is 0. The van der Waals surface area contributed by atoms with Gasteiger partial charge in [0.25, 0.3) is 0 Å². The van der Waals surface area contributed by atoms with E-state index in [1.165, 1.54) is 119 Å². The van der Waals surface area contributed by atoms with Crippen molar-refractivity contribution >= 4 is 0 Å². The largest absolute Gasteiger partial charge is 0.258 e. The monoisotopic (exact) mass is 465 g/mol. The third-order valence-corrected chi connectivity index (χ3v) is 6.91. The first-order valence-electron chi connectivity index (χ1n) is 14.5. The molecule has 34 heavy (non-hydrogen) atoms. The van der Waals surface area contributed by atoms with Gasteiger partial charge >= 0.3 is 0 Å². The maximum atomic E-state index is 4.57. The summed E-state index contributed by atoms with van der Waals surface area (Å²) >= 11 is 0. The van der Waals surface area contributed by atoms with Crippen molar-refractivity contribution < 1.29 is 0 Å². The normalized spacial score (nSPS) is 10.8. The first-order chi connectivity index (χ1) is 16.5. The lowest BCUT2D eigenvalue weighted by Gasteiger charge is -2.07. The molecule has 0 atom stereocenters. The van der Waals surface area contributed by atoms with Crippen molar-refractivity contribution in [3.8, 4) is 0 Å². The molecule has 0 radical (unpaired) electrons. The number of aryl methyl sites for hydroxylation is 6. The van der Waals surface area contributed by atoms with Crippen LogP contribution in [0.25, 0.3) is 0 Å².